The van der Waals surface area contributed by atoms with Gasteiger partial charge < -0.3 is 14.6 Å². The van der Waals surface area contributed by atoms with E-state index in [1.165, 1.54) is 28.5 Å². The molecule has 2 aromatic carbocycles. The second-order valence-corrected chi connectivity index (χ2v) is 10.4. The number of piperidine rings is 1. The Balaban J connectivity index is 1.16. The summed E-state index contributed by atoms with van der Waals surface area (Å²) in [6, 6.07) is 17.9. The first-order chi connectivity index (χ1) is 17.5. The maximum absolute atomic E-state index is 11.5. The van der Waals surface area contributed by atoms with Crippen LogP contribution in [0.4, 0.5) is 0 Å². The normalized spacial score (nSPS) is 19.7. The van der Waals surface area contributed by atoms with E-state index in [2.05, 4.69) is 72.3 Å². The average Bonchev–Trinajstić information content (AvgIpc) is 3.32. The Morgan fingerprint density at radius 3 is 2.81 bits per heavy atom. The molecule has 1 fully saturated rings. The highest BCUT2D eigenvalue weighted by Gasteiger charge is 2.28. The number of likely N-dealkylation sites (tertiary alicyclic amines) is 1. The average molecular weight is 481 g/mol. The summed E-state index contributed by atoms with van der Waals surface area (Å²) in [7, 11) is 0. The molecule has 1 N–H and O–H groups in total. The van der Waals surface area contributed by atoms with Gasteiger partial charge in [-0.2, -0.15) is 0 Å². The molecule has 2 aromatic heterocycles. The molecule has 6 rings (SSSR count). The SMILES string of the molecule is Cc1ccc2c(C3CCN(CCc4cccc5c4CCc4c(C(=O)O)ncn4-5)C(C)C3)cccc2n1. The van der Waals surface area contributed by atoms with Crippen LogP contribution in [0.2, 0.25) is 0 Å². The number of aryl methyl sites for hydroxylation is 1. The molecule has 0 amide bonds. The van der Waals surface area contributed by atoms with Crippen molar-refractivity contribution in [3.63, 3.8) is 0 Å². The molecule has 6 nitrogen and oxygen atoms in total. The van der Waals surface area contributed by atoms with E-state index in [4.69, 9.17) is 4.98 Å². The van der Waals surface area contributed by atoms with Crippen LogP contribution in [-0.4, -0.2) is 49.6 Å². The van der Waals surface area contributed by atoms with Gasteiger partial charge in [-0.15, -0.1) is 0 Å². The Hall–Kier alpha value is -3.51. The van der Waals surface area contributed by atoms with Crippen molar-refractivity contribution in [1.29, 1.82) is 0 Å². The van der Waals surface area contributed by atoms with E-state index >= 15 is 0 Å². The molecule has 4 aromatic rings. The van der Waals surface area contributed by atoms with Crippen molar-refractivity contribution < 1.29 is 9.90 Å². The van der Waals surface area contributed by atoms with Crippen molar-refractivity contribution >= 4 is 16.9 Å². The number of pyridine rings is 1. The molecule has 36 heavy (non-hydrogen) atoms. The highest BCUT2D eigenvalue weighted by molar-refractivity contribution is 5.87. The smallest absolute Gasteiger partial charge is 0.356 e. The number of nitrogens with zero attached hydrogens (tertiary/aromatic N) is 4. The molecule has 1 saturated heterocycles. The first kappa shape index (κ1) is 22.9. The van der Waals surface area contributed by atoms with Crippen LogP contribution in [0.3, 0.4) is 0 Å². The van der Waals surface area contributed by atoms with Gasteiger partial charge in [-0.25, -0.2) is 9.78 Å². The van der Waals surface area contributed by atoms with Gasteiger partial charge in [-0.3, -0.25) is 4.98 Å². The summed E-state index contributed by atoms with van der Waals surface area (Å²) in [5, 5.41) is 10.8. The van der Waals surface area contributed by atoms with Gasteiger partial charge in [0.15, 0.2) is 5.69 Å². The molecule has 2 aliphatic rings. The van der Waals surface area contributed by atoms with Gasteiger partial charge in [0.05, 0.1) is 16.9 Å². The van der Waals surface area contributed by atoms with E-state index in [1.54, 1.807) is 6.33 Å². The van der Waals surface area contributed by atoms with E-state index in [0.29, 0.717) is 18.4 Å². The Kier molecular flexibility index (Phi) is 5.84. The van der Waals surface area contributed by atoms with E-state index in [9.17, 15) is 9.90 Å². The third kappa shape index (κ3) is 3.99. The zero-order valence-electron chi connectivity index (χ0n) is 20.9. The van der Waals surface area contributed by atoms with Crippen molar-refractivity contribution in [2.45, 2.75) is 57.9 Å². The molecule has 0 saturated carbocycles. The third-order valence-electron chi connectivity index (χ3n) is 8.22. The number of benzene rings is 2. The Labute approximate surface area is 211 Å². The molecule has 0 aliphatic carbocycles. The number of hydrogen-bond donors (Lipinski definition) is 1. The number of rotatable bonds is 5. The maximum Gasteiger partial charge on any atom is 0.356 e. The molecule has 2 aliphatic heterocycles. The van der Waals surface area contributed by atoms with Crippen molar-refractivity contribution in [3.05, 3.63) is 88.6 Å². The topological polar surface area (TPSA) is 71.2 Å². The number of imidazole rings is 1. The number of fused-ring (bicyclic) bond motifs is 4. The zero-order chi connectivity index (χ0) is 24.8. The Bertz CT molecular complexity index is 1460. The van der Waals surface area contributed by atoms with Crippen LogP contribution in [0.5, 0.6) is 0 Å². The van der Waals surface area contributed by atoms with Gasteiger partial charge >= 0.3 is 5.97 Å². The quantitative estimate of drug-likeness (QED) is 0.418. The summed E-state index contributed by atoms with van der Waals surface area (Å²) in [5.74, 6) is -0.382. The summed E-state index contributed by atoms with van der Waals surface area (Å²) in [6.07, 6.45) is 6.58. The molecule has 0 radical (unpaired) electrons. The van der Waals surface area contributed by atoms with Crippen LogP contribution < -0.4 is 0 Å². The molecular formula is C30H32N4O2. The first-order valence-electron chi connectivity index (χ1n) is 13.0. The Morgan fingerprint density at radius 2 is 1.97 bits per heavy atom. The van der Waals surface area contributed by atoms with Crippen molar-refractivity contribution in [3.8, 4) is 5.69 Å². The summed E-state index contributed by atoms with van der Waals surface area (Å²) in [5.41, 5.74) is 8.39. The number of carboxylic acid groups (broad SMARTS) is 1. The fourth-order valence-corrected chi connectivity index (χ4v) is 6.35. The fraction of sp³-hybridized carbons (Fsp3) is 0.367. The first-order valence-corrected chi connectivity index (χ1v) is 13.0. The number of aromatic nitrogens is 3. The highest BCUT2D eigenvalue weighted by atomic mass is 16.4. The minimum absolute atomic E-state index is 0.180. The minimum atomic E-state index is -0.948. The number of carboxylic acids is 1. The van der Waals surface area contributed by atoms with Gasteiger partial charge in [-0.05, 0) is 93.3 Å². The number of carbonyl (C=O) groups is 1. The molecule has 0 bridgehead atoms. The highest BCUT2D eigenvalue weighted by Crippen LogP contribution is 2.36. The van der Waals surface area contributed by atoms with E-state index in [-0.39, 0.29) is 5.69 Å². The van der Waals surface area contributed by atoms with Crippen LogP contribution in [-0.2, 0) is 19.3 Å². The second kappa shape index (κ2) is 9.17. The molecule has 0 spiro atoms. The summed E-state index contributed by atoms with van der Waals surface area (Å²) >= 11 is 0. The minimum Gasteiger partial charge on any atom is -0.476 e. The Morgan fingerprint density at radius 1 is 1.11 bits per heavy atom. The van der Waals surface area contributed by atoms with Gasteiger partial charge in [0.1, 0.15) is 6.33 Å². The lowest BCUT2D eigenvalue weighted by Gasteiger charge is -2.38. The van der Waals surface area contributed by atoms with Gasteiger partial charge in [-0.1, -0.05) is 30.3 Å². The van der Waals surface area contributed by atoms with Crippen molar-refractivity contribution in [2.24, 2.45) is 0 Å². The standard InChI is InChI=1S/C30H32N4O2/c1-19-9-10-25-23(6-4-7-26(25)32-19)22-14-16-33(20(2)17-22)15-13-21-5-3-8-27-24(21)11-12-28-29(30(35)36)31-18-34(27)28/h3-10,18,20,22H,11-17H2,1-2H3,(H,35,36). The lowest BCUT2D eigenvalue weighted by atomic mass is 9.84. The predicted molar refractivity (Wildman–Crippen MR) is 141 cm³/mol. The van der Waals surface area contributed by atoms with E-state index in [0.717, 1.165) is 54.9 Å². The molecule has 2 atom stereocenters. The summed E-state index contributed by atoms with van der Waals surface area (Å²) < 4.78 is 1.97. The van der Waals surface area contributed by atoms with Crippen LogP contribution >= 0.6 is 0 Å². The maximum atomic E-state index is 11.5. The van der Waals surface area contributed by atoms with E-state index in [1.807, 2.05) is 4.57 Å². The lowest BCUT2D eigenvalue weighted by molar-refractivity contribution is 0.0689. The second-order valence-electron chi connectivity index (χ2n) is 10.4. The van der Waals surface area contributed by atoms with Gasteiger partial charge in [0.2, 0.25) is 0 Å². The monoisotopic (exact) mass is 480 g/mol. The van der Waals surface area contributed by atoms with Crippen molar-refractivity contribution in [2.75, 3.05) is 13.1 Å². The molecule has 4 heterocycles. The predicted octanol–water partition coefficient (Wildman–Crippen LogP) is 5.34. The zero-order valence-corrected chi connectivity index (χ0v) is 20.9. The number of aromatic carboxylic acids is 1. The largest absolute Gasteiger partial charge is 0.476 e. The van der Waals surface area contributed by atoms with Crippen LogP contribution in [0.25, 0.3) is 16.6 Å². The summed E-state index contributed by atoms with van der Waals surface area (Å²) in [4.78, 5) is 23.1. The molecular weight excluding hydrogens is 448 g/mol. The van der Waals surface area contributed by atoms with Gasteiger partial charge in [0, 0.05) is 23.7 Å². The van der Waals surface area contributed by atoms with E-state index < -0.39 is 5.97 Å². The van der Waals surface area contributed by atoms with Crippen LogP contribution in [0, 0.1) is 6.92 Å². The van der Waals surface area contributed by atoms with Crippen LogP contribution in [0.15, 0.2) is 54.9 Å². The molecule has 6 heteroatoms. The summed E-state index contributed by atoms with van der Waals surface area (Å²) in [6.45, 7) is 6.56. The molecule has 2 unspecified atom stereocenters. The fourth-order valence-electron chi connectivity index (χ4n) is 6.35. The van der Waals surface area contributed by atoms with Crippen molar-refractivity contribution in [1.82, 2.24) is 19.4 Å². The van der Waals surface area contributed by atoms with Crippen LogP contribution in [0.1, 0.15) is 64.2 Å². The molecule has 184 valence electrons. The van der Waals surface area contributed by atoms with Gasteiger partial charge in [0.25, 0.3) is 0 Å². The lowest BCUT2D eigenvalue weighted by Crippen LogP contribution is -2.41. The third-order valence-corrected chi connectivity index (χ3v) is 8.22. The number of hydrogen-bond acceptors (Lipinski definition) is 4.